The van der Waals surface area contributed by atoms with Gasteiger partial charge in [0.15, 0.2) is 22.9 Å². The molecule has 212 valence electrons. The van der Waals surface area contributed by atoms with Gasteiger partial charge in [-0.3, -0.25) is 9.59 Å². The second-order valence-electron chi connectivity index (χ2n) is 12.4. The van der Waals surface area contributed by atoms with Crippen LogP contribution in [0.4, 0.5) is 0 Å². The Morgan fingerprint density at radius 1 is 0.775 bits per heavy atom. The van der Waals surface area contributed by atoms with Crippen molar-refractivity contribution in [2.24, 2.45) is 22.7 Å². The summed E-state index contributed by atoms with van der Waals surface area (Å²) in [5, 5.41) is 0. The van der Waals surface area contributed by atoms with Gasteiger partial charge >= 0.3 is 0 Å². The number of ketones is 2. The van der Waals surface area contributed by atoms with Crippen LogP contribution in [0.25, 0.3) is 22.3 Å². The highest BCUT2D eigenvalue weighted by atomic mass is 79.9. The SMILES string of the molecule is CC1CCCC(C)(C(=O)c2c[nH]c3ncc(Br)nc23)C1.CC1CCCC(C)(C(=O)c2c[nH]c3ncc(Br)nc23)C1. The molecule has 4 unspecified atom stereocenters. The number of carbonyl (C=O) groups excluding carboxylic acids is 2. The topological polar surface area (TPSA) is 117 Å². The number of aromatic amines is 2. The maximum absolute atomic E-state index is 13.0. The number of hydrogen-bond acceptors (Lipinski definition) is 6. The van der Waals surface area contributed by atoms with Gasteiger partial charge in [-0.1, -0.05) is 53.4 Å². The molecule has 0 spiro atoms. The van der Waals surface area contributed by atoms with Crippen molar-refractivity contribution >= 4 is 65.8 Å². The monoisotopic (exact) mass is 670 g/mol. The molecule has 2 saturated carbocycles. The van der Waals surface area contributed by atoms with E-state index in [-0.39, 0.29) is 22.4 Å². The molecule has 2 aliphatic rings. The third kappa shape index (κ3) is 5.79. The zero-order chi connectivity index (χ0) is 28.7. The molecule has 0 amide bonds. The first-order valence-corrected chi connectivity index (χ1v) is 15.7. The molecule has 2 fully saturated rings. The average molecular weight is 672 g/mol. The second-order valence-corrected chi connectivity index (χ2v) is 14.0. The summed E-state index contributed by atoms with van der Waals surface area (Å²) in [4.78, 5) is 49.3. The number of Topliss-reactive ketones (excluding diaryl/α,β-unsaturated/α-hetero) is 2. The van der Waals surface area contributed by atoms with Gasteiger partial charge in [0, 0.05) is 23.2 Å². The second kappa shape index (κ2) is 11.4. The third-order valence-electron chi connectivity index (χ3n) is 8.74. The highest BCUT2D eigenvalue weighted by Crippen LogP contribution is 2.43. The minimum absolute atomic E-state index is 0.197. The van der Waals surface area contributed by atoms with E-state index in [4.69, 9.17) is 0 Å². The number of H-pyrrole nitrogens is 2. The number of rotatable bonds is 4. The molecule has 0 aromatic carbocycles. The molecular weight excluding hydrogens is 636 g/mol. The van der Waals surface area contributed by atoms with Crippen molar-refractivity contribution in [3.63, 3.8) is 0 Å². The van der Waals surface area contributed by atoms with E-state index in [0.29, 0.717) is 54.5 Å². The summed E-state index contributed by atoms with van der Waals surface area (Å²) >= 11 is 6.64. The standard InChI is InChI=1S/2C15H18BrN3O/c2*1-9-4-3-5-15(2,6-9)13(20)10-7-17-14-12(10)19-11(16)8-18-14/h2*7-9H,3-6H2,1-2H3,(H,17,18). The Kier molecular flexibility index (Phi) is 8.30. The molecule has 0 radical (unpaired) electrons. The van der Waals surface area contributed by atoms with Crippen molar-refractivity contribution in [1.29, 1.82) is 0 Å². The zero-order valence-electron chi connectivity index (χ0n) is 23.5. The molecule has 4 atom stereocenters. The van der Waals surface area contributed by atoms with Crippen LogP contribution in [0, 0.1) is 22.7 Å². The molecule has 8 nitrogen and oxygen atoms in total. The zero-order valence-corrected chi connectivity index (χ0v) is 26.7. The van der Waals surface area contributed by atoms with Crippen LogP contribution in [0.1, 0.15) is 99.8 Å². The van der Waals surface area contributed by atoms with E-state index in [1.54, 1.807) is 24.8 Å². The summed E-state index contributed by atoms with van der Waals surface area (Å²) in [6, 6.07) is 0. The Morgan fingerprint density at radius 2 is 1.18 bits per heavy atom. The first-order chi connectivity index (χ1) is 19.0. The van der Waals surface area contributed by atoms with Crippen LogP contribution in [-0.2, 0) is 0 Å². The first kappa shape index (κ1) is 29.0. The first-order valence-electron chi connectivity index (χ1n) is 14.1. The van der Waals surface area contributed by atoms with Gasteiger partial charge in [-0.15, -0.1) is 0 Å². The Hall–Kier alpha value is -2.46. The van der Waals surface area contributed by atoms with Crippen LogP contribution in [0.3, 0.4) is 0 Å². The molecule has 0 saturated heterocycles. The molecular formula is C30H36Br2N6O2. The van der Waals surface area contributed by atoms with E-state index in [1.807, 2.05) is 0 Å². The van der Waals surface area contributed by atoms with Crippen molar-refractivity contribution < 1.29 is 9.59 Å². The van der Waals surface area contributed by atoms with Crippen molar-refractivity contribution in [3.8, 4) is 0 Å². The normalized spacial score (nSPS) is 26.9. The van der Waals surface area contributed by atoms with Crippen molar-refractivity contribution in [3.05, 3.63) is 45.1 Å². The molecule has 4 heterocycles. The van der Waals surface area contributed by atoms with Crippen molar-refractivity contribution in [2.45, 2.75) is 79.1 Å². The van der Waals surface area contributed by atoms with Crippen LogP contribution in [0.2, 0.25) is 0 Å². The Balaban J connectivity index is 0.000000161. The van der Waals surface area contributed by atoms with Gasteiger partial charge in [0.1, 0.15) is 20.2 Å². The average Bonchev–Trinajstić information content (AvgIpc) is 3.51. The fraction of sp³-hybridized carbons (Fsp3) is 0.533. The number of aromatic nitrogens is 6. The lowest BCUT2D eigenvalue weighted by Crippen LogP contribution is -2.33. The van der Waals surface area contributed by atoms with Gasteiger partial charge < -0.3 is 9.97 Å². The number of nitrogens with zero attached hydrogens (tertiary/aromatic N) is 4. The largest absolute Gasteiger partial charge is 0.344 e. The smallest absolute Gasteiger partial charge is 0.172 e. The van der Waals surface area contributed by atoms with Crippen LogP contribution < -0.4 is 0 Å². The van der Waals surface area contributed by atoms with Gasteiger partial charge in [0.2, 0.25) is 0 Å². The summed E-state index contributed by atoms with van der Waals surface area (Å²) < 4.78 is 1.31. The molecule has 4 aromatic heterocycles. The fourth-order valence-corrected chi connectivity index (χ4v) is 7.34. The predicted octanol–water partition coefficient (Wildman–Crippen LogP) is 8.24. The van der Waals surface area contributed by atoms with E-state index >= 15 is 0 Å². The van der Waals surface area contributed by atoms with Gasteiger partial charge in [-0.05, 0) is 69.4 Å². The quantitative estimate of drug-likeness (QED) is 0.211. The summed E-state index contributed by atoms with van der Waals surface area (Å²) in [6.07, 6.45) is 15.3. The molecule has 0 aliphatic heterocycles. The van der Waals surface area contributed by atoms with Crippen molar-refractivity contribution in [2.75, 3.05) is 0 Å². The molecule has 2 aliphatic carbocycles. The lowest BCUT2D eigenvalue weighted by atomic mass is 9.68. The summed E-state index contributed by atoms with van der Waals surface area (Å²) in [5.74, 6) is 1.62. The van der Waals surface area contributed by atoms with Gasteiger partial charge in [-0.2, -0.15) is 0 Å². The van der Waals surface area contributed by atoms with Crippen LogP contribution >= 0.6 is 31.9 Å². The molecule has 10 heteroatoms. The van der Waals surface area contributed by atoms with E-state index < -0.39 is 0 Å². The molecule has 40 heavy (non-hydrogen) atoms. The Labute approximate surface area is 251 Å². The van der Waals surface area contributed by atoms with Gasteiger partial charge in [0.05, 0.1) is 23.5 Å². The lowest BCUT2D eigenvalue weighted by molar-refractivity contribution is 0.0698. The minimum Gasteiger partial charge on any atom is -0.344 e. The third-order valence-corrected chi connectivity index (χ3v) is 9.50. The molecule has 6 rings (SSSR count). The van der Waals surface area contributed by atoms with Gasteiger partial charge in [0.25, 0.3) is 0 Å². The highest BCUT2D eigenvalue weighted by Gasteiger charge is 2.40. The number of fused-ring (bicyclic) bond motifs is 2. The van der Waals surface area contributed by atoms with Crippen LogP contribution in [-0.4, -0.2) is 41.5 Å². The Morgan fingerprint density at radius 3 is 1.55 bits per heavy atom. The number of nitrogens with one attached hydrogen (secondary N) is 2. The van der Waals surface area contributed by atoms with E-state index in [0.717, 1.165) is 38.5 Å². The van der Waals surface area contributed by atoms with Gasteiger partial charge in [-0.25, -0.2) is 19.9 Å². The summed E-state index contributed by atoms with van der Waals surface area (Å²) in [6.45, 7) is 8.65. The van der Waals surface area contributed by atoms with E-state index in [2.05, 4.69) is 89.5 Å². The molecule has 4 aromatic rings. The lowest BCUT2D eigenvalue weighted by Gasteiger charge is -2.35. The number of halogens is 2. The Bertz CT molecular complexity index is 1450. The highest BCUT2D eigenvalue weighted by molar-refractivity contribution is 9.10. The van der Waals surface area contributed by atoms with E-state index in [1.165, 1.54) is 12.8 Å². The molecule has 0 bridgehead atoms. The maximum Gasteiger partial charge on any atom is 0.172 e. The van der Waals surface area contributed by atoms with Crippen LogP contribution in [0.5, 0.6) is 0 Å². The minimum atomic E-state index is -0.267. The molecule has 2 N–H and O–H groups in total. The summed E-state index contributed by atoms with van der Waals surface area (Å²) in [5.41, 5.74) is 3.49. The number of hydrogen-bond donors (Lipinski definition) is 2. The number of carbonyl (C=O) groups is 2. The van der Waals surface area contributed by atoms with Crippen LogP contribution in [0.15, 0.2) is 34.0 Å². The van der Waals surface area contributed by atoms with E-state index in [9.17, 15) is 9.59 Å². The predicted molar refractivity (Wildman–Crippen MR) is 163 cm³/mol. The fourth-order valence-electron chi connectivity index (χ4n) is 6.78. The summed E-state index contributed by atoms with van der Waals surface area (Å²) in [7, 11) is 0. The van der Waals surface area contributed by atoms with Crippen molar-refractivity contribution in [1.82, 2.24) is 29.9 Å². The maximum atomic E-state index is 13.0.